The van der Waals surface area contributed by atoms with Crippen molar-refractivity contribution >= 4 is 17.9 Å². The van der Waals surface area contributed by atoms with Gasteiger partial charge in [0.15, 0.2) is 18.3 Å². The molecule has 0 aliphatic carbocycles. The van der Waals surface area contributed by atoms with Gasteiger partial charge in [0.25, 0.3) is 0 Å². The molecule has 0 aromatic rings. The van der Waals surface area contributed by atoms with Gasteiger partial charge in [0.05, 0.1) is 6.10 Å². The fourth-order valence-electron chi connectivity index (χ4n) is 2.16. The third-order valence-corrected chi connectivity index (χ3v) is 2.84. The van der Waals surface area contributed by atoms with Gasteiger partial charge in [0, 0.05) is 20.8 Å². The van der Waals surface area contributed by atoms with Gasteiger partial charge in [-0.1, -0.05) is 5.92 Å². The smallest absolute Gasteiger partial charge is 0.303 e. The van der Waals surface area contributed by atoms with Gasteiger partial charge in [0.2, 0.25) is 0 Å². The van der Waals surface area contributed by atoms with Crippen molar-refractivity contribution in [1.29, 1.82) is 0 Å². The minimum atomic E-state index is -1.05. The zero-order chi connectivity index (χ0) is 16.2. The fourth-order valence-corrected chi connectivity index (χ4v) is 2.16. The molecular weight excluding hydrogens is 280 g/mol. The lowest BCUT2D eigenvalue weighted by Crippen LogP contribution is -2.44. The van der Waals surface area contributed by atoms with Crippen molar-refractivity contribution in [3.63, 3.8) is 0 Å². The number of ether oxygens (including phenoxy) is 4. The van der Waals surface area contributed by atoms with E-state index in [1.54, 1.807) is 6.92 Å². The highest BCUT2D eigenvalue weighted by Gasteiger charge is 2.50. The summed E-state index contributed by atoms with van der Waals surface area (Å²) in [6.45, 7) is 5.29. The summed E-state index contributed by atoms with van der Waals surface area (Å²) in [5, 5.41) is 0. The number of carbonyl (C=O) groups is 3. The SMILES string of the molecule is C#C[C@H](OC(C)=O)[C@H]1OC(C)[C@@H](OC(C)=O)[C@@H]1OC(C)=O. The Bertz CT molecular complexity index is 464. The maximum atomic E-state index is 11.2. The second-order valence-electron chi connectivity index (χ2n) is 4.65. The fraction of sp³-hybridized carbons (Fsp3) is 0.643. The Labute approximate surface area is 122 Å². The van der Waals surface area contributed by atoms with Gasteiger partial charge in [-0.2, -0.15) is 0 Å². The molecule has 0 spiro atoms. The molecule has 1 rings (SSSR count). The molecule has 1 aliphatic heterocycles. The van der Waals surface area contributed by atoms with Crippen LogP contribution in [-0.2, 0) is 33.3 Å². The molecule has 1 aliphatic rings. The minimum Gasteiger partial charge on any atom is -0.456 e. The van der Waals surface area contributed by atoms with Crippen LogP contribution in [0, 0.1) is 12.3 Å². The molecule has 1 unspecified atom stereocenters. The quantitative estimate of drug-likeness (QED) is 0.416. The lowest BCUT2D eigenvalue weighted by Gasteiger charge is -2.25. The minimum absolute atomic E-state index is 0.544. The Morgan fingerprint density at radius 3 is 2.00 bits per heavy atom. The van der Waals surface area contributed by atoms with Gasteiger partial charge < -0.3 is 18.9 Å². The van der Waals surface area contributed by atoms with Crippen LogP contribution in [0.1, 0.15) is 27.7 Å². The molecule has 0 aromatic heterocycles. The maximum absolute atomic E-state index is 11.2. The Hall–Kier alpha value is -2.07. The Morgan fingerprint density at radius 1 is 1.05 bits per heavy atom. The number of carbonyl (C=O) groups excluding carboxylic acids is 3. The first-order valence-electron chi connectivity index (χ1n) is 6.39. The van der Waals surface area contributed by atoms with E-state index < -0.39 is 48.4 Å². The topological polar surface area (TPSA) is 88.1 Å². The van der Waals surface area contributed by atoms with Crippen LogP contribution in [0.2, 0.25) is 0 Å². The molecular formula is C14H18O7. The van der Waals surface area contributed by atoms with E-state index >= 15 is 0 Å². The van der Waals surface area contributed by atoms with Crippen LogP contribution in [0.3, 0.4) is 0 Å². The van der Waals surface area contributed by atoms with Crippen LogP contribution < -0.4 is 0 Å². The maximum Gasteiger partial charge on any atom is 0.303 e. The van der Waals surface area contributed by atoms with E-state index in [9.17, 15) is 14.4 Å². The molecule has 21 heavy (non-hydrogen) atoms. The summed E-state index contributed by atoms with van der Waals surface area (Å²) in [5.74, 6) is 0.554. The van der Waals surface area contributed by atoms with Crippen molar-refractivity contribution in [2.75, 3.05) is 0 Å². The molecule has 5 atom stereocenters. The lowest BCUT2D eigenvalue weighted by atomic mass is 10.0. The molecule has 1 saturated heterocycles. The summed E-state index contributed by atoms with van der Waals surface area (Å²) in [7, 11) is 0. The normalized spacial score (nSPS) is 29.1. The summed E-state index contributed by atoms with van der Waals surface area (Å²) in [6, 6.07) is 0. The van der Waals surface area contributed by atoms with Crippen molar-refractivity contribution in [3.05, 3.63) is 0 Å². The molecule has 0 amide bonds. The van der Waals surface area contributed by atoms with Crippen molar-refractivity contribution in [3.8, 4) is 12.3 Å². The van der Waals surface area contributed by atoms with Crippen molar-refractivity contribution in [2.45, 2.75) is 58.2 Å². The first kappa shape index (κ1) is 17.0. The van der Waals surface area contributed by atoms with Crippen LogP contribution in [0.4, 0.5) is 0 Å². The van der Waals surface area contributed by atoms with Gasteiger partial charge in [-0.3, -0.25) is 14.4 Å². The lowest BCUT2D eigenvalue weighted by molar-refractivity contribution is -0.167. The number of esters is 3. The zero-order valence-corrected chi connectivity index (χ0v) is 12.3. The summed E-state index contributed by atoms with van der Waals surface area (Å²) < 4.78 is 20.8. The molecule has 116 valence electrons. The first-order chi connectivity index (χ1) is 9.76. The standard InChI is InChI=1S/C14H18O7/c1-6-11(19-8(3)15)13-14(21-10(5)17)12(7(2)18-13)20-9(4)16/h1,7,11-14H,2-5H3/t7?,11-,12+,13+,14-/m0/s1. The summed E-state index contributed by atoms with van der Waals surface area (Å²) in [4.78, 5) is 33.5. The van der Waals surface area contributed by atoms with Gasteiger partial charge in [-0.05, 0) is 6.92 Å². The number of hydrogen-bond donors (Lipinski definition) is 0. The number of rotatable bonds is 4. The molecule has 7 nitrogen and oxygen atoms in total. The van der Waals surface area contributed by atoms with Crippen LogP contribution >= 0.6 is 0 Å². The summed E-state index contributed by atoms with van der Waals surface area (Å²) >= 11 is 0. The highest BCUT2D eigenvalue weighted by atomic mass is 16.7. The largest absolute Gasteiger partial charge is 0.456 e. The van der Waals surface area contributed by atoms with Gasteiger partial charge in [-0.25, -0.2) is 0 Å². The van der Waals surface area contributed by atoms with Gasteiger partial charge in [-0.15, -0.1) is 6.42 Å². The second-order valence-corrected chi connectivity index (χ2v) is 4.65. The highest BCUT2D eigenvalue weighted by molar-refractivity contribution is 5.68. The van der Waals surface area contributed by atoms with E-state index in [1.807, 2.05) is 0 Å². The molecule has 0 bridgehead atoms. The molecule has 1 fully saturated rings. The predicted molar refractivity (Wildman–Crippen MR) is 69.8 cm³/mol. The monoisotopic (exact) mass is 298 g/mol. The molecule has 0 saturated carbocycles. The first-order valence-corrected chi connectivity index (χ1v) is 6.39. The Balaban J connectivity index is 3.00. The molecule has 1 heterocycles. The van der Waals surface area contributed by atoms with Gasteiger partial charge >= 0.3 is 17.9 Å². The molecule has 0 aromatic carbocycles. The van der Waals surface area contributed by atoms with E-state index in [0.717, 1.165) is 0 Å². The van der Waals surface area contributed by atoms with E-state index in [0.29, 0.717) is 0 Å². The van der Waals surface area contributed by atoms with Gasteiger partial charge in [0.1, 0.15) is 6.10 Å². The van der Waals surface area contributed by atoms with E-state index in [2.05, 4.69) is 5.92 Å². The average molecular weight is 298 g/mol. The zero-order valence-electron chi connectivity index (χ0n) is 12.3. The molecule has 0 radical (unpaired) electrons. The van der Waals surface area contributed by atoms with Crippen molar-refractivity contribution in [2.24, 2.45) is 0 Å². The van der Waals surface area contributed by atoms with Crippen LogP contribution in [-0.4, -0.2) is 48.4 Å². The van der Waals surface area contributed by atoms with Crippen LogP contribution in [0.5, 0.6) is 0 Å². The van der Waals surface area contributed by atoms with Crippen molar-refractivity contribution in [1.82, 2.24) is 0 Å². The molecule has 0 N–H and O–H groups in total. The predicted octanol–water partition coefficient (Wildman–Crippen LogP) is 0.202. The van der Waals surface area contributed by atoms with Crippen LogP contribution in [0.15, 0.2) is 0 Å². The Kier molecular flexibility index (Phi) is 5.73. The average Bonchev–Trinajstić information content (AvgIpc) is 2.63. The number of terminal acetylenes is 1. The van der Waals surface area contributed by atoms with E-state index in [-0.39, 0.29) is 0 Å². The Morgan fingerprint density at radius 2 is 1.57 bits per heavy atom. The second kappa shape index (κ2) is 7.09. The van der Waals surface area contributed by atoms with Crippen molar-refractivity contribution < 1.29 is 33.3 Å². The van der Waals surface area contributed by atoms with E-state index in [4.69, 9.17) is 25.4 Å². The third kappa shape index (κ3) is 4.46. The van der Waals surface area contributed by atoms with Crippen LogP contribution in [0.25, 0.3) is 0 Å². The number of hydrogen-bond acceptors (Lipinski definition) is 7. The summed E-state index contributed by atoms with van der Waals surface area (Å²) in [5.41, 5.74) is 0. The highest BCUT2D eigenvalue weighted by Crippen LogP contribution is 2.30. The summed E-state index contributed by atoms with van der Waals surface area (Å²) in [6.07, 6.45) is 1.06. The third-order valence-electron chi connectivity index (χ3n) is 2.84. The molecule has 7 heteroatoms. The van der Waals surface area contributed by atoms with E-state index in [1.165, 1.54) is 20.8 Å².